The molecule has 1 unspecified atom stereocenters. The van der Waals surface area contributed by atoms with Crippen LogP contribution >= 0.6 is 0 Å². The van der Waals surface area contributed by atoms with Gasteiger partial charge in [0.05, 0.1) is 6.04 Å². The van der Waals surface area contributed by atoms with Crippen LogP contribution in [0.5, 0.6) is 0 Å². The third kappa shape index (κ3) is 4.00. The van der Waals surface area contributed by atoms with Crippen molar-refractivity contribution in [3.05, 3.63) is 35.4 Å². The van der Waals surface area contributed by atoms with Crippen molar-refractivity contribution in [1.82, 2.24) is 5.32 Å². The topological polar surface area (TPSA) is 55.1 Å². The largest absolute Gasteiger partial charge is 0.349 e. The summed E-state index contributed by atoms with van der Waals surface area (Å²) in [6.45, 7) is 2.33. The van der Waals surface area contributed by atoms with E-state index in [1.165, 1.54) is 0 Å². The van der Waals surface area contributed by atoms with E-state index in [2.05, 4.69) is 5.32 Å². The van der Waals surface area contributed by atoms with Crippen molar-refractivity contribution in [3.8, 4) is 0 Å². The molecule has 1 amide bonds. The summed E-state index contributed by atoms with van der Waals surface area (Å²) in [6, 6.07) is 2.74. The fourth-order valence-electron chi connectivity index (χ4n) is 2.92. The predicted molar refractivity (Wildman–Crippen MR) is 77.4 cm³/mol. The summed E-state index contributed by atoms with van der Waals surface area (Å²) in [5, 5.41) is 2.79. The standard InChI is InChI=1S/C16H22F2N2O/c1-10(14-8-13(17)6-7-15(14)18)20-16(21)12-4-2-11(9-19)3-5-12/h6-8,10-12H,2-5,9,19H2,1H3,(H,20,21). The molecule has 1 aliphatic rings. The number of benzene rings is 1. The first-order valence-electron chi connectivity index (χ1n) is 7.46. The molecule has 0 radical (unpaired) electrons. The summed E-state index contributed by atoms with van der Waals surface area (Å²) in [5.74, 6) is -0.632. The average Bonchev–Trinajstić information content (AvgIpc) is 2.49. The van der Waals surface area contributed by atoms with Gasteiger partial charge in [-0.25, -0.2) is 8.78 Å². The van der Waals surface area contributed by atoms with Crippen molar-refractivity contribution >= 4 is 5.91 Å². The van der Waals surface area contributed by atoms with Crippen LogP contribution in [0.2, 0.25) is 0 Å². The second-order valence-corrected chi connectivity index (χ2v) is 5.85. The highest BCUT2D eigenvalue weighted by Gasteiger charge is 2.27. The van der Waals surface area contributed by atoms with Gasteiger partial charge in [-0.15, -0.1) is 0 Å². The quantitative estimate of drug-likeness (QED) is 0.897. The van der Waals surface area contributed by atoms with Crippen LogP contribution in [-0.2, 0) is 4.79 Å². The van der Waals surface area contributed by atoms with Gasteiger partial charge in [-0.2, -0.15) is 0 Å². The van der Waals surface area contributed by atoms with E-state index in [4.69, 9.17) is 5.73 Å². The molecule has 0 aliphatic heterocycles. The molecule has 1 aromatic carbocycles. The zero-order valence-electron chi connectivity index (χ0n) is 12.2. The van der Waals surface area contributed by atoms with Crippen molar-refractivity contribution in [2.75, 3.05) is 6.54 Å². The van der Waals surface area contributed by atoms with Gasteiger partial charge in [0.15, 0.2) is 0 Å². The molecule has 116 valence electrons. The first-order chi connectivity index (χ1) is 10.0. The average molecular weight is 296 g/mol. The van der Waals surface area contributed by atoms with Crippen molar-refractivity contribution in [2.24, 2.45) is 17.6 Å². The Morgan fingerprint density at radius 2 is 2.00 bits per heavy atom. The monoisotopic (exact) mass is 296 g/mol. The Morgan fingerprint density at radius 3 is 2.62 bits per heavy atom. The fourth-order valence-corrected chi connectivity index (χ4v) is 2.92. The molecule has 0 saturated heterocycles. The fraction of sp³-hybridized carbons (Fsp3) is 0.562. The maximum atomic E-state index is 13.7. The van der Waals surface area contributed by atoms with Crippen molar-refractivity contribution in [3.63, 3.8) is 0 Å². The molecule has 0 bridgehead atoms. The number of hydrogen-bond acceptors (Lipinski definition) is 2. The van der Waals surface area contributed by atoms with E-state index in [1.54, 1.807) is 6.92 Å². The van der Waals surface area contributed by atoms with Gasteiger partial charge in [-0.3, -0.25) is 4.79 Å². The van der Waals surface area contributed by atoms with Gasteiger partial charge < -0.3 is 11.1 Å². The summed E-state index contributed by atoms with van der Waals surface area (Å²) in [7, 11) is 0. The number of halogens is 2. The maximum absolute atomic E-state index is 13.7. The summed E-state index contributed by atoms with van der Waals surface area (Å²) in [4.78, 5) is 12.2. The SMILES string of the molecule is CC(NC(=O)C1CCC(CN)CC1)c1cc(F)ccc1F. The molecule has 3 N–H and O–H groups in total. The Bertz CT molecular complexity index is 499. The second kappa shape index (κ2) is 6.98. The normalized spacial score (nSPS) is 23.6. The third-order valence-corrected chi connectivity index (χ3v) is 4.33. The zero-order chi connectivity index (χ0) is 15.4. The van der Waals surface area contributed by atoms with E-state index >= 15 is 0 Å². The van der Waals surface area contributed by atoms with E-state index in [-0.39, 0.29) is 17.4 Å². The van der Waals surface area contributed by atoms with Gasteiger partial charge in [0.25, 0.3) is 0 Å². The van der Waals surface area contributed by atoms with E-state index in [0.717, 1.165) is 43.9 Å². The minimum atomic E-state index is -0.541. The van der Waals surface area contributed by atoms with Crippen molar-refractivity contribution in [2.45, 2.75) is 38.6 Å². The molecule has 0 aromatic heterocycles. The first kappa shape index (κ1) is 15.9. The minimum Gasteiger partial charge on any atom is -0.349 e. The molecule has 1 fully saturated rings. The van der Waals surface area contributed by atoms with Crippen LogP contribution in [0.25, 0.3) is 0 Å². The summed E-state index contributed by atoms with van der Waals surface area (Å²) in [6.07, 6.45) is 3.53. The second-order valence-electron chi connectivity index (χ2n) is 5.85. The summed E-state index contributed by atoms with van der Waals surface area (Å²) in [5.41, 5.74) is 5.81. The van der Waals surface area contributed by atoms with Gasteiger partial charge in [0, 0.05) is 11.5 Å². The lowest BCUT2D eigenvalue weighted by atomic mass is 9.81. The maximum Gasteiger partial charge on any atom is 0.223 e. The number of hydrogen-bond donors (Lipinski definition) is 2. The van der Waals surface area contributed by atoms with E-state index in [9.17, 15) is 13.6 Å². The highest BCUT2D eigenvalue weighted by atomic mass is 19.1. The van der Waals surface area contributed by atoms with E-state index in [0.29, 0.717) is 12.5 Å². The third-order valence-electron chi connectivity index (χ3n) is 4.33. The summed E-state index contributed by atoms with van der Waals surface area (Å²) < 4.78 is 26.9. The van der Waals surface area contributed by atoms with Gasteiger partial charge in [0.1, 0.15) is 11.6 Å². The van der Waals surface area contributed by atoms with Gasteiger partial charge in [0.2, 0.25) is 5.91 Å². The number of amides is 1. The molecule has 3 nitrogen and oxygen atoms in total. The van der Waals surface area contributed by atoms with Crippen LogP contribution in [0.4, 0.5) is 8.78 Å². The molecule has 0 heterocycles. The number of carbonyl (C=O) groups is 1. The Hall–Kier alpha value is -1.49. The lowest BCUT2D eigenvalue weighted by molar-refractivity contribution is -0.126. The molecule has 5 heteroatoms. The van der Waals surface area contributed by atoms with Crippen LogP contribution in [0.1, 0.15) is 44.2 Å². The van der Waals surface area contributed by atoms with E-state index in [1.807, 2.05) is 0 Å². The Kier molecular flexibility index (Phi) is 5.28. The molecule has 21 heavy (non-hydrogen) atoms. The molecule has 0 spiro atoms. The molecular weight excluding hydrogens is 274 g/mol. The van der Waals surface area contributed by atoms with Crippen LogP contribution in [0.3, 0.4) is 0 Å². The van der Waals surface area contributed by atoms with Gasteiger partial charge in [-0.05, 0) is 63.3 Å². The lowest BCUT2D eigenvalue weighted by Gasteiger charge is -2.28. The van der Waals surface area contributed by atoms with Crippen LogP contribution in [0.15, 0.2) is 18.2 Å². The highest BCUT2D eigenvalue weighted by Crippen LogP contribution is 2.29. The molecule has 1 aromatic rings. The summed E-state index contributed by atoms with van der Waals surface area (Å²) >= 11 is 0. The lowest BCUT2D eigenvalue weighted by Crippen LogP contribution is -2.36. The smallest absolute Gasteiger partial charge is 0.223 e. The predicted octanol–water partition coefficient (Wildman–Crippen LogP) is 2.91. The molecule has 1 saturated carbocycles. The van der Waals surface area contributed by atoms with Crippen LogP contribution < -0.4 is 11.1 Å². The van der Waals surface area contributed by atoms with Crippen molar-refractivity contribution in [1.29, 1.82) is 0 Å². The first-order valence-corrected chi connectivity index (χ1v) is 7.46. The Morgan fingerprint density at radius 1 is 1.33 bits per heavy atom. The van der Waals surface area contributed by atoms with Crippen molar-refractivity contribution < 1.29 is 13.6 Å². The Labute approximate surface area is 123 Å². The number of nitrogens with one attached hydrogen (secondary N) is 1. The highest BCUT2D eigenvalue weighted by molar-refractivity contribution is 5.79. The molecule has 1 atom stereocenters. The van der Waals surface area contributed by atoms with Crippen LogP contribution in [-0.4, -0.2) is 12.5 Å². The number of nitrogens with two attached hydrogens (primary N) is 1. The number of rotatable bonds is 4. The Balaban J connectivity index is 1.95. The van der Waals surface area contributed by atoms with Gasteiger partial charge >= 0.3 is 0 Å². The minimum absolute atomic E-state index is 0.0492. The number of carbonyl (C=O) groups excluding carboxylic acids is 1. The molecule has 1 aliphatic carbocycles. The zero-order valence-corrected chi connectivity index (χ0v) is 12.2. The molecule has 2 rings (SSSR count). The molecular formula is C16H22F2N2O. The van der Waals surface area contributed by atoms with Crippen LogP contribution in [0, 0.1) is 23.5 Å². The van der Waals surface area contributed by atoms with Gasteiger partial charge in [-0.1, -0.05) is 0 Å². The van der Waals surface area contributed by atoms with E-state index < -0.39 is 17.7 Å².